The molecule has 2 aromatic rings. The van der Waals surface area contributed by atoms with Gasteiger partial charge in [0, 0.05) is 44.1 Å². The lowest BCUT2D eigenvalue weighted by molar-refractivity contribution is 0.0951. The molecule has 1 fully saturated rings. The van der Waals surface area contributed by atoms with Crippen molar-refractivity contribution in [3.8, 4) is 21.9 Å². The van der Waals surface area contributed by atoms with Gasteiger partial charge in [0.2, 0.25) is 0 Å². The van der Waals surface area contributed by atoms with Crippen molar-refractivity contribution < 1.29 is 14.3 Å². The van der Waals surface area contributed by atoms with Gasteiger partial charge < -0.3 is 20.1 Å². The number of hydrogen-bond acceptors (Lipinski definition) is 6. The predicted octanol–water partition coefficient (Wildman–Crippen LogP) is 2.24. The monoisotopic (exact) mass is 409 g/mol. The Kier molecular flexibility index (Phi) is 6.95. The van der Waals surface area contributed by atoms with Crippen molar-refractivity contribution >= 4 is 29.7 Å². The summed E-state index contributed by atoms with van der Waals surface area (Å²) in [5, 5.41) is 6.36. The first-order valence-corrected chi connectivity index (χ1v) is 9.82. The van der Waals surface area contributed by atoms with Crippen LogP contribution in [0.1, 0.15) is 9.67 Å². The van der Waals surface area contributed by atoms with Gasteiger partial charge in [0.05, 0.1) is 4.88 Å². The molecule has 1 aromatic heterocycles. The first-order chi connectivity index (χ1) is 12.8. The number of carbonyl (C=O) groups is 1. The molecule has 3 heterocycles. The topological polar surface area (TPSA) is 62.8 Å². The van der Waals surface area contributed by atoms with Gasteiger partial charge in [0.1, 0.15) is 13.2 Å². The molecule has 2 N–H and O–H groups in total. The summed E-state index contributed by atoms with van der Waals surface area (Å²) < 4.78 is 11.2. The van der Waals surface area contributed by atoms with Gasteiger partial charge in [-0.05, 0) is 35.9 Å². The molecule has 6 nitrogen and oxygen atoms in total. The Hall–Kier alpha value is -1.80. The zero-order chi connectivity index (χ0) is 17.8. The lowest BCUT2D eigenvalue weighted by Gasteiger charge is -2.26. The number of nitrogens with one attached hydrogen (secondary N) is 2. The van der Waals surface area contributed by atoms with Crippen molar-refractivity contribution in [3.05, 3.63) is 35.2 Å². The van der Waals surface area contributed by atoms with Crippen LogP contribution in [0.3, 0.4) is 0 Å². The van der Waals surface area contributed by atoms with Crippen LogP contribution in [0.2, 0.25) is 0 Å². The first kappa shape index (κ1) is 19.9. The number of ether oxygens (including phenoxy) is 2. The fourth-order valence-corrected chi connectivity index (χ4v) is 4.08. The number of rotatable bonds is 5. The summed E-state index contributed by atoms with van der Waals surface area (Å²) in [6.45, 7) is 6.87. The standard InChI is InChI=1S/C19H23N3O3S.ClH/c23-19(21-7-10-22-8-5-20-6-9-22)18-4-3-17(26-18)14-1-2-15-16(13-14)25-12-11-24-15;/h1-4,13,20H,5-12H2,(H,21,23);1H. The Morgan fingerprint density at radius 2 is 1.89 bits per heavy atom. The fourth-order valence-electron chi connectivity index (χ4n) is 3.16. The van der Waals surface area contributed by atoms with Crippen LogP contribution < -0.4 is 20.1 Å². The number of benzene rings is 1. The van der Waals surface area contributed by atoms with E-state index in [1.165, 1.54) is 11.3 Å². The summed E-state index contributed by atoms with van der Waals surface area (Å²) in [7, 11) is 0. The Morgan fingerprint density at radius 3 is 2.70 bits per heavy atom. The van der Waals surface area contributed by atoms with Crippen molar-refractivity contribution in [2.75, 3.05) is 52.5 Å². The molecule has 0 spiro atoms. The van der Waals surface area contributed by atoms with Crippen LogP contribution >= 0.6 is 23.7 Å². The van der Waals surface area contributed by atoms with E-state index in [2.05, 4.69) is 15.5 Å². The Morgan fingerprint density at radius 1 is 1.11 bits per heavy atom. The van der Waals surface area contributed by atoms with Crippen LogP contribution in [0.25, 0.3) is 10.4 Å². The molecule has 1 saturated heterocycles. The molecule has 2 aliphatic heterocycles. The van der Waals surface area contributed by atoms with Crippen LogP contribution in [0.5, 0.6) is 11.5 Å². The molecule has 0 radical (unpaired) electrons. The van der Waals surface area contributed by atoms with Gasteiger partial charge >= 0.3 is 0 Å². The van der Waals surface area contributed by atoms with Crippen molar-refractivity contribution in [2.24, 2.45) is 0 Å². The number of nitrogens with zero attached hydrogens (tertiary/aromatic N) is 1. The van der Waals surface area contributed by atoms with E-state index in [4.69, 9.17) is 9.47 Å². The lowest BCUT2D eigenvalue weighted by atomic mass is 10.1. The highest BCUT2D eigenvalue weighted by Crippen LogP contribution is 2.36. The molecule has 4 rings (SSSR count). The third-order valence-electron chi connectivity index (χ3n) is 4.58. The number of fused-ring (bicyclic) bond motifs is 1. The second kappa shape index (κ2) is 9.41. The highest BCUT2D eigenvalue weighted by atomic mass is 35.5. The quantitative estimate of drug-likeness (QED) is 0.793. The molecule has 0 atom stereocenters. The van der Waals surface area contributed by atoms with Gasteiger partial charge in [-0.25, -0.2) is 0 Å². The van der Waals surface area contributed by atoms with Crippen LogP contribution in [-0.2, 0) is 0 Å². The smallest absolute Gasteiger partial charge is 0.261 e. The van der Waals surface area contributed by atoms with Gasteiger partial charge in [-0.3, -0.25) is 9.69 Å². The molecule has 27 heavy (non-hydrogen) atoms. The van der Waals surface area contributed by atoms with E-state index in [0.29, 0.717) is 19.8 Å². The molecule has 0 bridgehead atoms. The maximum absolute atomic E-state index is 12.4. The minimum absolute atomic E-state index is 0. The summed E-state index contributed by atoms with van der Waals surface area (Å²) in [5.74, 6) is 1.54. The number of amides is 1. The van der Waals surface area contributed by atoms with Crippen molar-refractivity contribution in [3.63, 3.8) is 0 Å². The third-order valence-corrected chi connectivity index (χ3v) is 5.71. The second-order valence-electron chi connectivity index (χ2n) is 6.37. The van der Waals surface area contributed by atoms with Crippen LogP contribution in [-0.4, -0.2) is 63.3 Å². The summed E-state index contributed by atoms with van der Waals surface area (Å²) >= 11 is 1.50. The highest BCUT2D eigenvalue weighted by Gasteiger charge is 2.15. The third kappa shape index (κ3) is 4.93. The number of thiophene rings is 1. The minimum atomic E-state index is -0.00562. The Bertz CT molecular complexity index is 777. The SMILES string of the molecule is Cl.O=C(NCCN1CCNCC1)c1ccc(-c2ccc3c(c2)OCCO3)s1. The normalized spacial score (nSPS) is 16.4. The molecule has 0 unspecified atom stereocenters. The average Bonchev–Trinajstić information content (AvgIpc) is 3.19. The summed E-state index contributed by atoms with van der Waals surface area (Å²) in [6, 6.07) is 9.78. The first-order valence-electron chi connectivity index (χ1n) is 9.01. The second-order valence-corrected chi connectivity index (χ2v) is 7.45. The lowest BCUT2D eigenvalue weighted by Crippen LogP contribution is -2.46. The molecule has 2 aliphatic rings. The summed E-state index contributed by atoms with van der Waals surface area (Å²) in [6.07, 6.45) is 0. The Labute approximate surface area is 169 Å². The zero-order valence-corrected chi connectivity index (χ0v) is 16.7. The van der Waals surface area contributed by atoms with Crippen LogP contribution in [0.15, 0.2) is 30.3 Å². The van der Waals surface area contributed by atoms with E-state index in [-0.39, 0.29) is 18.3 Å². The summed E-state index contributed by atoms with van der Waals surface area (Å²) in [4.78, 5) is 16.5. The van der Waals surface area contributed by atoms with Crippen molar-refractivity contribution in [1.82, 2.24) is 15.5 Å². The van der Waals surface area contributed by atoms with Crippen LogP contribution in [0.4, 0.5) is 0 Å². The maximum atomic E-state index is 12.4. The van der Waals surface area contributed by atoms with Crippen molar-refractivity contribution in [2.45, 2.75) is 0 Å². The van der Waals surface area contributed by atoms with E-state index >= 15 is 0 Å². The number of carbonyl (C=O) groups excluding carboxylic acids is 1. The molecule has 0 saturated carbocycles. The van der Waals surface area contributed by atoms with Gasteiger partial charge in [-0.1, -0.05) is 0 Å². The van der Waals surface area contributed by atoms with Gasteiger partial charge in [-0.15, -0.1) is 23.7 Å². The Balaban J connectivity index is 0.00000210. The largest absolute Gasteiger partial charge is 0.486 e. The molecule has 0 aliphatic carbocycles. The van der Waals surface area contributed by atoms with Crippen molar-refractivity contribution in [1.29, 1.82) is 0 Å². The van der Waals surface area contributed by atoms with Gasteiger partial charge in [0.15, 0.2) is 11.5 Å². The number of halogens is 1. The molecule has 146 valence electrons. The van der Waals surface area contributed by atoms with E-state index in [1.807, 2.05) is 30.3 Å². The predicted molar refractivity (Wildman–Crippen MR) is 110 cm³/mol. The number of piperazine rings is 1. The molecule has 8 heteroatoms. The van der Waals surface area contributed by atoms with Crippen LogP contribution in [0, 0.1) is 0 Å². The molecule has 1 aromatic carbocycles. The highest BCUT2D eigenvalue weighted by molar-refractivity contribution is 7.17. The number of hydrogen-bond donors (Lipinski definition) is 2. The van der Waals surface area contributed by atoms with E-state index in [9.17, 15) is 4.79 Å². The molecular weight excluding hydrogens is 386 g/mol. The van der Waals surface area contributed by atoms with Gasteiger partial charge in [-0.2, -0.15) is 0 Å². The average molecular weight is 410 g/mol. The van der Waals surface area contributed by atoms with E-state index in [0.717, 1.165) is 59.5 Å². The van der Waals surface area contributed by atoms with Gasteiger partial charge in [0.25, 0.3) is 5.91 Å². The minimum Gasteiger partial charge on any atom is -0.486 e. The summed E-state index contributed by atoms with van der Waals surface area (Å²) in [5.41, 5.74) is 1.04. The van der Waals surface area contributed by atoms with E-state index in [1.54, 1.807) is 0 Å². The fraction of sp³-hybridized carbons (Fsp3) is 0.421. The molecular formula is C19H24ClN3O3S. The maximum Gasteiger partial charge on any atom is 0.261 e. The zero-order valence-electron chi connectivity index (χ0n) is 15.0. The molecule has 1 amide bonds. The van der Waals surface area contributed by atoms with E-state index < -0.39 is 0 Å².